The Morgan fingerprint density at radius 2 is 1.11 bits per heavy atom. The molecule has 0 aromatic heterocycles. The Morgan fingerprint density at radius 1 is 0.722 bits per heavy atom. The number of benzene rings is 2. The van der Waals surface area contributed by atoms with Crippen molar-refractivity contribution < 1.29 is 8.78 Å². The molecule has 0 spiro atoms. The molecule has 2 aromatic carbocycles. The number of hydrogen-bond donors (Lipinski definition) is 2. The minimum atomic E-state index is -0.383. The summed E-state index contributed by atoms with van der Waals surface area (Å²) in [7, 11) is 2.21. The number of anilines is 2. The van der Waals surface area contributed by atoms with Crippen molar-refractivity contribution in [2.75, 3.05) is 11.5 Å². The van der Waals surface area contributed by atoms with Gasteiger partial charge in [0, 0.05) is 11.4 Å². The number of hydrogen-bond acceptors (Lipinski definition) is 4. The number of halogens is 2. The van der Waals surface area contributed by atoms with Crippen molar-refractivity contribution in [1.29, 1.82) is 0 Å². The molecule has 0 aliphatic carbocycles. The lowest BCUT2D eigenvalue weighted by molar-refractivity contribution is 0.601. The first-order valence-corrected chi connectivity index (χ1v) is 7.16. The third-order valence-electron chi connectivity index (χ3n) is 2.13. The highest BCUT2D eigenvalue weighted by Crippen LogP contribution is 2.40. The van der Waals surface area contributed by atoms with Crippen molar-refractivity contribution in [3.8, 4) is 0 Å². The van der Waals surface area contributed by atoms with Gasteiger partial charge < -0.3 is 11.5 Å². The molecular weight excluding hydrogens is 274 g/mol. The van der Waals surface area contributed by atoms with Crippen LogP contribution >= 0.6 is 21.6 Å². The molecule has 4 N–H and O–H groups in total. The Kier molecular flexibility index (Phi) is 3.98. The first-order chi connectivity index (χ1) is 8.56. The van der Waals surface area contributed by atoms with Crippen LogP contribution in [-0.2, 0) is 0 Å². The van der Waals surface area contributed by atoms with E-state index in [4.69, 9.17) is 11.5 Å². The summed E-state index contributed by atoms with van der Waals surface area (Å²) in [6, 6.07) is 8.55. The van der Waals surface area contributed by atoms with Crippen molar-refractivity contribution in [3.05, 3.63) is 48.0 Å². The number of nitrogens with two attached hydrogens (primary N) is 2. The van der Waals surface area contributed by atoms with Crippen molar-refractivity contribution in [1.82, 2.24) is 0 Å². The molecule has 0 fully saturated rings. The molecule has 0 aliphatic rings. The molecule has 2 nitrogen and oxygen atoms in total. The van der Waals surface area contributed by atoms with Gasteiger partial charge in [-0.15, -0.1) is 0 Å². The van der Waals surface area contributed by atoms with E-state index in [2.05, 4.69) is 0 Å². The van der Waals surface area contributed by atoms with E-state index in [-0.39, 0.29) is 11.6 Å². The molecule has 0 atom stereocenters. The van der Waals surface area contributed by atoms with E-state index < -0.39 is 0 Å². The fraction of sp³-hybridized carbons (Fsp3) is 0. The van der Waals surface area contributed by atoms with Crippen LogP contribution in [0.5, 0.6) is 0 Å². The second-order valence-electron chi connectivity index (χ2n) is 3.55. The first kappa shape index (κ1) is 13.0. The summed E-state index contributed by atoms with van der Waals surface area (Å²) in [4.78, 5) is 0.726. The van der Waals surface area contributed by atoms with Crippen LogP contribution in [0, 0.1) is 11.6 Å². The molecular formula is C12H10F2N2S2. The molecule has 0 heterocycles. The van der Waals surface area contributed by atoms with Crippen LogP contribution in [-0.4, -0.2) is 0 Å². The monoisotopic (exact) mass is 284 g/mol. The molecule has 0 unspecified atom stereocenters. The topological polar surface area (TPSA) is 52.0 Å². The van der Waals surface area contributed by atoms with Crippen molar-refractivity contribution in [3.63, 3.8) is 0 Å². The van der Waals surface area contributed by atoms with Gasteiger partial charge in [-0.2, -0.15) is 0 Å². The van der Waals surface area contributed by atoms with Gasteiger partial charge in [-0.05, 0) is 58.0 Å². The predicted octanol–water partition coefficient (Wildman–Crippen LogP) is 3.93. The average molecular weight is 284 g/mol. The molecule has 0 bridgehead atoms. The van der Waals surface area contributed by atoms with E-state index >= 15 is 0 Å². The summed E-state index contributed by atoms with van der Waals surface area (Å²) < 4.78 is 26.9. The second-order valence-corrected chi connectivity index (χ2v) is 5.76. The molecule has 2 rings (SSSR count). The van der Waals surface area contributed by atoms with E-state index in [9.17, 15) is 8.78 Å². The predicted molar refractivity (Wildman–Crippen MR) is 73.3 cm³/mol. The minimum absolute atomic E-state index is 0.363. The number of nitrogen functional groups attached to an aromatic ring is 2. The molecule has 0 saturated heterocycles. The Bertz CT molecular complexity index is 524. The van der Waals surface area contributed by atoms with Gasteiger partial charge >= 0.3 is 0 Å². The molecule has 6 heteroatoms. The minimum Gasteiger partial charge on any atom is -0.399 e. The molecule has 0 saturated carbocycles. The highest BCUT2D eigenvalue weighted by atomic mass is 33.1. The molecule has 0 radical (unpaired) electrons. The smallest absolute Gasteiger partial charge is 0.137 e. The lowest BCUT2D eigenvalue weighted by atomic mass is 10.3. The van der Waals surface area contributed by atoms with Crippen molar-refractivity contribution in [2.45, 2.75) is 9.79 Å². The van der Waals surface area contributed by atoms with Gasteiger partial charge in [-0.25, -0.2) is 8.78 Å². The Labute approximate surface area is 111 Å². The van der Waals surface area contributed by atoms with Crippen LogP contribution in [0.4, 0.5) is 20.2 Å². The summed E-state index contributed by atoms with van der Waals surface area (Å²) in [6.45, 7) is 0. The SMILES string of the molecule is Nc1ccc(F)c(SSc2cc(N)ccc2F)c1. The van der Waals surface area contributed by atoms with E-state index in [0.717, 1.165) is 21.6 Å². The van der Waals surface area contributed by atoms with Crippen LogP contribution in [0.15, 0.2) is 46.2 Å². The molecule has 18 heavy (non-hydrogen) atoms. The third-order valence-corrected chi connectivity index (χ3v) is 4.53. The van der Waals surface area contributed by atoms with E-state index in [1.807, 2.05) is 0 Å². The zero-order valence-electron chi connectivity index (χ0n) is 9.19. The number of rotatable bonds is 3. The van der Waals surface area contributed by atoms with Gasteiger partial charge in [0.2, 0.25) is 0 Å². The zero-order chi connectivity index (χ0) is 13.1. The largest absolute Gasteiger partial charge is 0.399 e. The summed E-state index contributed by atoms with van der Waals surface area (Å²) in [5.41, 5.74) is 12.1. The van der Waals surface area contributed by atoms with Gasteiger partial charge in [-0.3, -0.25) is 0 Å². The summed E-state index contributed by atoms with van der Waals surface area (Å²) in [6.07, 6.45) is 0. The quantitative estimate of drug-likeness (QED) is 0.662. The van der Waals surface area contributed by atoms with Crippen molar-refractivity contribution >= 4 is 33.0 Å². The zero-order valence-corrected chi connectivity index (χ0v) is 10.8. The highest BCUT2D eigenvalue weighted by Gasteiger charge is 2.08. The van der Waals surface area contributed by atoms with E-state index in [0.29, 0.717) is 21.2 Å². The molecule has 2 aromatic rings. The standard InChI is InChI=1S/C12H10F2N2S2/c13-9-3-1-7(15)5-11(9)17-18-12-6-8(16)2-4-10(12)14/h1-6H,15-16H2. The maximum Gasteiger partial charge on any atom is 0.137 e. The van der Waals surface area contributed by atoms with Gasteiger partial charge in [-0.1, -0.05) is 0 Å². The highest BCUT2D eigenvalue weighted by molar-refractivity contribution is 8.76. The van der Waals surface area contributed by atoms with Gasteiger partial charge in [0.25, 0.3) is 0 Å². The lowest BCUT2D eigenvalue weighted by Crippen LogP contribution is -1.88. The second kappa shape index (κ2) is 5.49. The summed E-state index contributed by atoms with van der Waals surface area (Å²) >= 11 is 0. The van der Waals surface area contributed by atoms with Gasteiger partial charge in [0.1, 0.15) is 11.6 Å². The van der Waals surface area contributed by atoms with Crippen LogP contribution < -0.4 is 11.5 Å². The third kappa shape index (κ3) is 3.08. The molecule has 94 valence electrons. The normalized spacial score (nSPS) is 10.6. The van der Waals surface area contributed by atoms with Crippen LogP contribution in [0.25, 0.3) is 0 Å². The van der Waals surface area contributed by atoms with Gasteiger partial charge in [0.15, 0.2) is 0 Å². The maximum absolute atomic E-state index is 13.4. The maximum atomic E-state index is 13.4. The molecule has 0 aliphatic heterocycles. The first-order valence-electron chi connectivity index (χ1n) is 5.01. The fourth-order valence-electron chi connectivity index (χ4n) is 1.26. The Hall–Kier alpha value is -1.40. The Balaban J connectivity index is 2.16. The van der Waals surface area contributed by atoms with Crippen molar-refractivity contribution in [2.24, 2.45) is 0 Å². The Morgan fingerprint density at radius 3 is 1.50 bits per heavy atom. The van der Waals surface area contributed by atoms with Crippen LogP contribution in [0.2, 0.25) is 0 Å². The fourth-order valence-corrected chi connectivity index (χ4v) is 3.41. The van der Waals surface area contributed by atoms with Gasteiger partial charge in [0.05, 0.1) is 9.79 Å². The molecule has 0 amide bonds. The summed E-state index contributed by atoms with van der Waals surface area (Å²) in [5.74, 6) is -0.767. The van der Waals surface area contributed by atoms with E-state index in [1.54, 1.807) is 0 Å². The summed E-state index contributed by atoms with van der Waals surface area (Å²) in [5, 5.41) is 0. The lowest BCUT2D eigenvalue weighted by Gasteiger charge is -2.05. The van der Waals surface area contributed by atoms with Crippen LogP contribution in [0.1, 0.15) is 0 Å². The van der Waals surface area contributed by atoms with E-state index in [1.165, 1.54) is 36.4 Å². The average Bonchev–Trinajstić information content (AvgIpc) is 2.34. The van der Waals surface area contributed by atoms with Crippen LogP contribution in [0.3, 0.4) is 0 Å².